The van der Waals surface area contributed by atoms with Crippen molar-refractivity contribution >= 4 is 11.9 Å². The van der Waals surface area contributed by atoms with E-state index in [4.69, 9.17) is 4.74 Å². The summed E-state index contributed by atoms with van der Waals surface area (Å²) in [5.41, 5.74) is 3.53. The van der Waals surface area contributed by atoms with Gasteiger partial charge in [-0.15, -0.1) is 0 Å². The average molecular weight is 501 g/mol. The first kappa shape index (κ1) is 26.2. The molecule has 4 rings (SSSR count). The molecule has 4 atom stereocenters. The van der Waals surface area contributed by atoms with Crippen LogP contribution >= 0.6 is 0 Å². The van der Waals surface area contributed by atoms with Crippen molar-refractivity contribution in [3.63, 3.8) is 0 Å². The predicted molar refractivity (Wildman–Crippen MR) is 141 cm³/mol. The molecule has 0 radical (unpaired) electrons. The Hall–Kier alpha value is -3.90. The van der Waals surface area contributed by atoms with Crippen molar-refractivity contribution in [2.24, 2.45) is 11.8 Å². The molecule has 0 saturated heterocycles. The van der Waals surface area contributed by atoms with E-state index in [1.54, 1.807) is 18.2 Å². The molecule has 0 unspecified atom stereocenters. The third kappa shape index (κ3) is 6.86. The Morgan fingerprint density at radius 2 is 1.49 bits per heavy atom. The Balaban J connectivity index is 1.45. The number of allylic oxidation sites excluding steroid dienone is 1. The van der Waals surface area contributed by atoms with E-state index in [2.05, 4.69) is 0 Å². The predicted octanol–water partition coefficient (Wildman–Crippen LogP) is 5.82. The molecule has 3 aromatic carbocycles. The van der Waals surface area contributed by atoms with Gasteiger partial charge in [-0.3, -0.25) is 4.79 Å². The van der Waals surface area contributed by atoms with Crippen LogP contribution < -0.4 is 0 Å². The standard InChI is InChI=1S/C31H32O6/c32-26(14-8-7-11-21-9-3-1-4-10-21)30-25(19-29(34)35)27(33)20-28(30)37-31(36)24-17-15-23(16-18-24)22-12-5-2-6-13-22/h1-6,9-10,12-18,25,27-28,30,32-33H,7-8,11,19-20H2,(H,34,35)/t25-,27-,28-,30-/m0/s1. The summed E-state index contributed by atoms with van der Waals surface area (Å²) >= 11 is 0. The molecule has 1 aliphatic rings. The molecule has 0 spiro atoms. The van der Waals surface area contributed by atoms with Crippen LogP contribution in [0.5, 0.6) is 0 Å². The maximum atomic E-state index is 12.9. The number of hydrogen-bond acceptors (Lipinski definition) is 5. The fourth-order valence-electron chi connectivity index (χ4n) is 5.04. The highest BCUT2D eigenvalue weighted by molar-refractivity contribution is 5.90. The quantitative estimate of drug-likeness (QED) is 0.184. The number of rotatable bonds is 10. The van der Waals surface area contributed by atoms with Gasteiger partial charge in [0, 0.05) is 12.3 Å². The molecule has 6 heteroatoms. The van der Waals surface area contributed by atoms with E-state index in [-0.39, 0.29) is 18.6 Å². The highest BCUT2D eigenvalue weighted by atomic mass is 16.5. The Morgan fingerprint density at radius 1 is 0.865 bits per heavy atom. The zero-order chi connectivity index (χ0) is 26.2. The normalized spacial score (nSPS) is 21.5. The van der Waals surface area contributed by atoms with Crippen molar-refractivity contribution in [1.82, 2.24) is 0 Å². The van der Waals surface area contributed by atoms with Gasteiger partial charge in [-0.2, -0.15) is 0 Å². The number of aliphatic carboxylic acids is 1. The lowest BCUT2D eigenvalue weighted by atomic mass is 9.88. The number of aliphatic hydroxyl groups excluding tert-OH is 2. The second-order valence-electron chi connectivity index (χ2n) is 9.48. The summed E-state index contributed by atoms with van der Waals surface area (Å²) in [5.74, 6) is -3.21. The van der Waals surface area contributed by atoms with Gasteiger partial charge in [0.15, 0.2) is 0 Å². The van der Waals surface area contributed by atoms with E-state index in [9.17, 15) is 24.9 Å². The van der Waals surface area contributed by atoms with E-state index in [1.165, 1.54) is 5.56 Å². The van der Waals surface area contributed by atoms with Gasteiger partial charge in [0.2, 0.25) is 0 Å². The Kier molecular flexibility index (Phi) is 8.75. The van der Waals surface area contributed by atoms with E-state index in [1.807, 2.05) is 72.8 Å². The number of aryl methyl sites for hydroxylation is 1. The number of unbranched alkanes of at least 4 members (excludes halogenated alkanes) is 1. The zero-order valence-electron chi connectivity index (χ0n) is 20.6. The van der Waals surface area contributed by atoms with E-state index in [0.717, 1.165) is 24.0 Å². The van der Waals surface area contributed by atoms with Crippen LogP contribution in [0, 0.1) is 11.8 Å². The topological polar surface area (TPSA) is 104 Å². The van der Waals surface area contributed by atoms with Crippen molar-refractivity contribution in [1.29, 1.82) is 0 Å². The molecular weight excluding hydrogens is 468 g/mol. The van der Waals surface area contributed by atoms with E-state index >= 15 is 0 Å². The zero-order valence-corrected chi connectivity index (χ0v) is 20.6. The molecule has 0 aromatic heterocycles. The Morgan fingerprint density at radius 3 is 2.14 bits per heavy atom. The fourth-order valence-corrected chi connectivity index (χ4v) is 5.04. The van der Waals surface area contributed by atoms with Gasteiger partial charge < -0.3 is 20.1 Å². The molecular formula is C31H32O6. The largest absolute Gasteiger partial charge is 0.512 e. The molecule has 0 aliphatic heterocycles. The number of aliphatic hydroxyl groups is 2. The molecule has 192 valence electrons. The lowest BCUT2D eigenvalue weighted by molar-refractivity contribution is -0.139. The highest BCUT2D eigenvalue weighted by Crippen LogP contribution is 2.41. The van der Waals surface area contributed by atoms with Crippen molar-refractivity contribution in [2.45, 2.75) is 44.3 Å². The van der Waals surface area contributed by atoms with Gasteiger partial charge in [-0.05, 0) is 54.2 Å². The Bertz CT molecular complexity index is 1200. The molecule has 1 aliphatic carbocycles. The maximum absolute atomic E-state index is 12.9. The molecule has 0 bridgehead atoms. The SMILES string of the molecule is O=C(O)C[C@@H]1[C@@H](C(O)=CCCCc2ccccc2)[C@@H](OC(=O)c2ccc(-c3ccccc3)cc2)C[C@@H]1O. The first-order valence-corrected chi connectivity index (χ1v) is 12.6. The smallest absolute Gasteiger partial charge is 0.338 e. The van der Waals surface area contributed by atoms with Crippen LogP contribution in [0.1, 0.15) is 41.6 Å². The second kappa shape index (κ2) is 12.4. The lowest BCUT2D eigenvalue weighted by Gasteiger charge is -2.24. The number of carboxylic acid groups (broad SMARTS) is 1. The minimum atomic E-state index is -1.07. The van der Waals surface area contributed by atoms with Crippen LogP contribution in [0.15, 0.2) is 96.8 Å². The number of carbonyl (C=O) groups is 2. The van der Waals surface area contributed by atoms with Crippen molar-refractivity contribution in [2.75, 3.05) is 0 Å². The molecule has 1 fully saturated rings. The van der Waals surface area contributed by atoms with Crippen molar-refractivity contribution in [3.05, 3.63) is 108 Å². The minimum absolute atomic E-state index is 0.0342. The number of benzene rings is 3. The molecule has 0 heterocycles. The fraction of sp³-hybridized carbons (Fsp3) is 0.290. The first-order chi connectivity index (χ1) is 17.9. The summed E-state index contributed by atoms with van der Waals surface area (Å²) < 4.78 is 5.74. The summed E-state index contributed by atoms with van der Waals surface area (Å²) in [5, 5.41) is 30.9. The number of ether oxygens (including phenoxy) is 1. The maximum Gasteiger partial charge on any atom is 0.338 e. The third-order valence-corrected chi connectivity index (χ3v) is 6.93. The van der Waals surface area contributed by atoms with Gasteiger partial charge in [0.25, 0.3) is 0 Å². The highest BCUT2D eigenvalue weighted by Gasteiger charge is 2.47. The monoisotopic (exact) mass is 500 g/mol. The Labute approximate surface area is 216 Å². The molecule has 3 aromatic rings. The summed E-state index contributed by atoms with van der Waals surface area (Å²) in [4.78, 5) is 24.4. The van der Waals surface area contributed by atoms with Crippen LogP contribution in [0.2, 0.25) is 0 Å². The molecule has 0 amide bonds. The van der Waals surface area contributed by atoms with Crippen LogP contribution in [-0.4, -0.2) is 39.5 Å². The van der Waals surface area contributed by atoms with Crippen LogP contribution in [0.3, 0.4) is 0 Å². The molecule has 37 heavy (non-hydrogen) atoms. The summed E-state index contributed by atoms with van der Waals surface area (Å²) in [7, 11) is 0. The minimum Gasteiger partial charge on any atom is -0.512 e. The summed E-state index contributed by atoms with van der Waals surface area (Å²) in [6.45, 7) is 0. The van der Waals surface area contributed by atoms with Gasteiger partial charge in [-0.1, -0.05) is 72.8 Å². The van der Waals surface area contributed by atoms with Gasteiger partial charge in [-0.25, -0.2) is 4.79 Å². The van der Waals surface area contributed by atoms with Crippen LogP contribution in [0.4, 0.5) is 0 Å². The van der Waals surface area contributed by atoms with Crippen molar-refractivity contribution in [3.8, 4) is 11.1 Å². The number of carboxylic acids is 1. The summed E-state index contributed by atoms with van der Waals surface area (Å²) in [6.07, 6.45) is 1.79. The summed E-state index contributed by atoms with van der Waals surface area (Å²) in [6, 6.07) is 26.8. The van der Waals surface area contributed by atoms with Gasteiger partial charge >= 0.3 is 11.9 Å². The van der Waals surface area contributed by atoms with Crippen LogP contribution in [-0.2, 0) is 16.0 Å². The van der Waals surface area contributed by atoms with Crippen molar-refractivity contribution < 1.29 is 29.6 Å². The van der Waals surface area contributed by atoms with Gasteiger partial charge in [0.1, 0.15) is 6.10 Å². The number of hydrogen-bond donors (Lipinski definition) is 3. The molecule has 3 N–H and O–H groups in total. The van der Waals surface area contributed by atoms with E-state index in [0.29, 0.717) is 12.0 Å². The average Bonchev–Trinajstić information content (AvgIpc) is 3.21. The second-order valence-corrected chi connectivity index (χ2v) is 9.48. The number of carbonyl (C=O) groups excluding carboxylic acids is 1. The van der Waals surface area contributed by atoms with Gasteiger partial charge in [0.05, 0.1) is 29.8 Å². The molecule has 6 nitrogen and oxygen atoms in total. The van der Waals surface area contributed by atoms with Crippen LogP contribution in [0.25, 0.3) is 11.1 Å². The lowest BCUT2D eigenvalue weighted by Crippen LogP contribution is -2.29. The number of esters is 1. The van der Waals surface area contributed by atoms with E-state index < -0.39 is 36.0 Å². The molecule has 1 saturated carbocycles. The first-order valence-electron chi connectivity index (χ1n) is 12.6. The third-order valence-electron chi connectivity index (χ3n) is 6.93.